The summed E-state index contributed by atoms with van der Waals surface area (Å²) in [5.74, 6) is -1.47. The lowest BCUT2D eigenvalue weighted by Crippen LogP contribution is -2.53. The fraction of sp³-hybridized carbons (Fsp3) is 0.878. The smallest absolute Gasteiger partial charge is 0.309 e. The molecule has 3 aliphatic heterocycles. The number of carbonyl (C=O) groups excluding carboxylic acids is 3. The Morgan fingerprint density at radius 1 is 0.865 bits per heavy atom. The molecule has 0 aliphatic carbocycles. The molecule has 0 radical (unpaired) electrons. The second-order valence-corrected chi connectivity index (χ2v) is 16.8. The first-order valence-corrected chi connectivity index (χ1v) is 19.8. The Labute approximate surface area is 312 Å². The van der Waals surface area contributed by atoms with E-state index in [1.54, 1.807) is 13.8 Å². The number of methoxy groups -OCH3 is 1. The molecule has 2 saturated heterocycles. The molecule has 0 aromatic heterocycles. The summed E-state index contributed by atoms with van der Waals surface area (Å²) in [5, 5.41) is 32.9. The van der Waals surface area contributed by atoms with Gasteiger partial charge in [-0.25, -0.2) is 0 Å². The predicted molar refractivity (Wildman–Crippen MR) is 197 cm³/mol. The molecule has 52 heavy (non-hydrogen) atoms. The molecule has 0 saturated carbocycles. The van der Waals surface area contributed by atoms with Crippen molar-refractivity contribution in [2.75, 3.05) is 20.3 Å². The molecule has 3 N–H and O–H groups in total. The minimum atomic E-state index is -1.27. The van der Waals surface area contributed by atoms with Gasteiger partial charge in [-0.15, -0.1) is 0 Å². The Kier molecular flexibility index (Phi) is 17.4. The van der Waals surface area contributed by atoms with Gasteiger partial charge in [0, 0.05) is 38.2 Å². The maximum absolute atomic E-state index is 13.4. The van der Waals surface area contributed by atoms with E-state index in [2.05, 4.69) is 20.8 Å². The van der Waals surface area contributed by atoms with Crippen molar-refractivity contribution in [3.63, 3.8) is 0 Å². The normalized spacial score (nSPS) is 30.0. The largest absolute Gasteiger partial charge is 0.459 e. The van der Waals surface area contributed by atoms with Crippen molar-refractivity contribution in [2.24, 2.45) is 35.5 Å². The SMILES string of the molecule is CO[C@@H]([C@H](O)CC(=O)[C@@H](C)[C@@H](O)CC[C@@H](C)[C@@H]1O[C@]2(CC[C@@H](C)[C@H](CC[C@H](C)C(C)=O)O2)CC[C@@H]1C)[C@H](OC(=O)C[C@@H](O)C1=C(C)COC1)C(C)C. The Hall–Kier alpha value is -1.73. The van der Waals surface area contributed by atoms with Crippen molar-refractivity contribution in [1.29, 1.82) is 0 Å². The molecule has 3 rings (SSSR count). The van der Waals surface area contributed by atoms with E-state index in [0.717, 1.165) is 44.1 Å². The summed E-state index contributed by atoms with van der Waals surface area (Å²) < 4.78 is 30.2. The number of hydrogen-bond acceptors (Lipinski definition) is 11. The molecule has 3 heterocycles. The lowest BCUT2D eigenvalue weighted by Gasteiger charge is -2.51. The number of rotatable bonds is 20. The summed E-state index contributed by atoms with van der Waals surface area (Å²) in [7, 11) is 1.40. The van der Waals surface area contributed by atoms with E-state index in [-0.39, 0.29) is 61.0 Å². The van der Waals surface area contributed by atoms with Crippen molar-refractivity contribution < 1.29 is 53.4 Å². The third-order valence-electron chi connectivity index (χ3n) is 12.2. The molecule has 13 atom stereocenters. The fourth-order valence-electron chi connectivity index (χ4n) is 8.08. The van der Waals surface area contributed by atoms with Gasteiger partial charge in [-0.3, -0.25) is 14.4 Å². The van der Waals surface area contributed by atoms with Crippen molar-refractivity contribution in [3.8, 4) is 0 Å². The second-order valence-electron chi connectivity index (χ2n) is 16.8. The molecule has 0 aromatic carbocycles. The van der Waals surface area contributed by atoms with Gasteiger partial charge in [-0.2, -0.15) is 0 Å². The topological polar surface area (TPSA) is 158 Å². The van der Waals surface area contributed by atoms with Gasteiger partial charge in [0.05, 0.1) is 50.2 Å². The predicted octanol–water partition coefficient (Wildman–Crippen LogP) is 5.73. The lowest BCUT2D eigenvalue weighted by molar-refractivity contribution is -0.338. The standard InChI is InChI=1S/C41H70O11/c1-23(2)38(50-37(47)20-34(45)31-22-49-21-28(31)7)40(48-10)35(46)19-33(44)29(8)32(43)13-11-26(5)39-27(6)16-18-41(52-39)17-15-25(4)36(51-41)14-12-24(3)30(9)42/h23-27,29,32,34-36,38-40,43,45-46H,11-22H2,1-10H3/t24-,25+,26+,27-,29-,32-,34+,35+,36-,38+,39-,40-,41+/m0/s1. The minimum absolute atomic E-state index is 0.0201. The van der Waals surface area contributed by atoms with Gasteiger partial charge < -0.3 is 39.0 Å². The summed E-state index contributed by atoms with van der Waals surface area (Å²) in [6.45, 7) is 18.1. The molecule has 2 fully saturated rings. The second kappa shape index (κ2) is 20.3. The van der Waals surface area contributed by atoms with Crippen LogP contribution in [0.1, 0.15) is 127 Å². The van der Waals surface area contributed by atoms with E-state index in [1.807, 2.05) is 27.7 Å². The van der Waals surface area contributed by atoms with E-state index in [1.165, 1.54) is 7.11 Å². The first kappa shape index (κ1) is 44.7. The van der Waals surface area contributed by atoms with E-state index < -0.39 is 48.2 Å². The third-order valence-corrected chi connectivity index (χ3v) is 12.2. The summed E-state index contributed by atoms with van der Waals surface area (Å²) >= 11 is 0. The average molecular weight is 739 g/mol. The monoisotopic (exact) mass is 738 g/mol. The first-order chi connectivity index (χ1) is 24.4. The molecule has 0 unspecified atom stereocenters. The van der Waals surface area contributed by atoms with Gasteiger partial charge in [0.2, 0.25) is 0 Å². The number of ether oxygens (including phenoxy) is 5. The number of Topliss-reactive ketones (excluding diaryl/α,β-unsaturated/α-hetero) is 2. The Bertz CT molecular complexity index is 1200. The van der Waals surface area contributed by atoms with E-state index in [4.69, 9.17) is 23.7 Å². The molecular weight excluding hydrogens is 668 g/mol. The molecule has 3 aliphatic rings. The number of esters is 1. The Morgan fingerprint density at radius 2 is 1.52 bits per heavy atom. The molecule has 0 bridgehead atoms. The van der Waals surface area contributed by atoms with Gasteiger partial charge in [0.25, 0.3) is 0 Å². The van der Waals surface area contributed by atoms with Crippen molar-refractivity contribution in [2.45, 2.75) is 175 Å². The van der Waals surface area contributed by atoms with Gasteiger partial charge in [0.1, 0.15) is 23.8 Å². The van der Waals surface area contributed by atoms with Crippen molar-refractivity contribution >= 4 is 17.5 Å². The zero-order chi connectivity index (χ0) is 38.9. The first-order valence-electron chi connectivity index (χ1n) is 19.8. The van der Waals surface area contributed by atoms with Crippen LogP contribution in [0.25, 0.3) is 0 Å². The molecule has 11 heteroatoms. The number of aliphatic hydroxyl groups excluding tert-OH is 3. The molecular formula is C41H70O11. The highest BCUT2D eigenvalue weighted by atomic mass is 16.7. The molecule has 300 valence electrons. The van der Waals surface area contributed by atoms with Crippen LogP contribution in [-0.2, 0) is 38.1 Å². The highest BCUT2D eigenvalue weighted by Gasteiger charge is 2.47. The number of hydrogen-bond donors (Lipinski definition) is 3. The van der Waals surface area contributed by atoms with Crippen LogP contribution >= 0.6 is 0 Å². The number of carbonyl (C=O) groups is 3. The maximum atomic E-state index is 13.4. The van der Waals surface area contributed by atoms with Gasteiger partial charge in [-0.1, -0.05) is 48.5 Å². The highest BCUT2D eigenvalue weighted by Crippen LogP contribution is 2.45. The van der Waals surface area contributed by atoms with E-state index in [0.29, 0.717) is 36.9 Å². The Balaban J connectivity index is 1.53. The Morgan fingerprint density at radius 3 is 2.10 bits per heavy atom. The molecule has 0 amide bonds. The summed E-state index contributed by atoms with van der Waals surface area (Å²) in [5.41, 5.74) is 1.57. The van der Waals surface area contributed by atoms with Gasteiger partial charge in [0.15, 0.2) is 5.79 Å². The van der Waals surface area contributed by atoms with Gasteiger partial charge in [-0.05, 0) is 87.2 Å². The highest BCUT2D eigenvalue weighted by molar-refractivity contribution is 5.81. The number of ketones is 2. The van der Waals surface area contributed by atoms with Crippen LogP contribution in [0.15, 0.2) is 11.1 Å². The van der Waals surface area contributed by atoms with Crippen LogP contribution < -0.4 is 0 Å². The summed E-state index contributed by atoms with van der Waals surface area (Å²) in [6.07, 6.45) is 0.799. The maximum Gasteiger partial charge on any atom is 0.309 e. The lowest BCUT2D eigenvalue weighted by atomic mass is 9.79. The van der Waals surface area contributed by atoms with Crippen LogP contribution in [0, 0.1) is 35.5 Å². The minimum Gasteiger partial charge on any atom is -0.459 e. The van der Waals surface area contributed by atoms with E-state index >= 15 is 0 Å². The summed E-state index contributed by atoms with van der Waals surface area (Å²) in [6, 6.07) is 0. The van der Waals surface area contributed by atoms with Crippen LogP contribution in [0.4, 0.5) is 0 Å². The fourth-order valence-corrected chi connectivity index (χ4v) is 8.08. The van der Waals surface area contributed by atoms with Crippen LogP contribution in [0.3, 0.4) is 0 Å². The molecule has 0 aromatic rings. The van der Waals surface area contributed by atoms with Crippen LogP contribution in [0.2, 0.25) is 0 Å². The van der Waals surface area contributed by atoms with Crippen LogP contribution in [-0.4, -0.2) is 102 Å². The van der Waals surface area contributed by atoms with E-state index in [9.17, 15) is 29.7 Å². The quantitative estimate of drug-likeness (QED) is 0.103. The zero-order valence-electron chi connectivity index (χ0n) is 33.6. The molecule has 1 spiro atoms. The van der Waals surface area contributed by atoms with Crippen LogP contribution in [0.5, 0.6) is 0 Å². The summed E-state index contributed by atoms with van der Waals surface area (Å²) in [4.78, 5) is 38.0. The molecule has 11 nitrogen and oxygen atoms in total. The van der Waals surface area contributed by atoms with Crippen molar-refractivity contribution in [1.82, 2.24) is 0 Å². The number of aliphatic hydroxyl groups is 3. The zero-order valence-corrected chi connectivity index (χ0v) is 33.6. The van der Waals surface area contributed by atoms with Gasteiger partial charge >= 0.3 is 5.97 Å². The average Bonchev–Trinajstić information content (AvgIpc) is 3.53. The van der Waals surface area contributed by atoms with Crippen molar-refractivity contribution in [3.05, 3.63) is 11.1 Å². The third kappa shape index (κ3) is 12.1.